The van der Waals surface area contributed by atoms with Crippen LogP contribution < -0.4 is 30.1 Å². The van der Waals surface area contributed by atoms with E-state index >= 15 is 0 Å². The van der Waals surface area contributed by atoms with Gasteiger partial charge >= 0.3 is 0 Å². The molecule has 0 radical (unpaired) electrons. The maximum atomic E-state index is 12.7. The molecule has 1 atom stereocenters. The van der Waals surface area contributed by atoms with Gasteiger partial charge in [0.2, 0.25) is 5.91 Å². The molecule has 1 amide bonds. The van der Waals surface area contributed by atoms with Gasteiger partial charge in [0.05, 0.1) is 36.8 Å². The lowest BCUT2D eigenvalue weighted by atomic mass is 10.0. The third-order valence-corrected chi connectivity index (χ3v) is 11.0. The summed E-state index contributed by atoms with van der Waals surface area (Å²) < 4.78 is 12.0. The largest absolute Gasteiger partial charge is 0.494 e. The molecule has 0 bridgehead atoms. The Hall–Kier alpha value is -5.17. The molecule has 3 saturated heterocycles. The minimum absolute atomic E-state index is 0.0564. The summed E-state index contributed by atoms with van der Waals surface area (Å²) in [6.45, 7) is 11.2. The van der Waals surface area contributed by atoms with Crippen molar-refractivity contribution in [2.24, 2.45) is 0 Å². The van der Waals surface area contributed by atoms with Crippen LogP contribution in [0.4, 0.5) is 28.7 Å². The summed E-state index contributed by atoms with van der Waals surface area (Å²) in [4.78, 5) is 35.6. The summed E-state index contributed by atoms with van der Waals surface area (Å²) in [6.07, 6.45) is 8.51. The van der Waals surface area contributed by atoms with Gasteiger partial charge in [-0.2, -0.15) is 0 Å². The van der Waals surface area contributed by atoms with Crippen molar-refractivity contribution in [3.8, 4) is 11.5 Å². The second-order valence-corrected chi connectivity index (χ2v) is 14.5. The van der Waals surface area contributed by atoms with Gasteiger partial charge < -0.3 is 25.0 Å². The molecule has 1 aromatic heterocycles. The number of nitrogens with one attached hydrogen (secondary N) is 2. The minimum atomic E-state index is -0.271. The number of hydroxylamine groups is 1. The molecule has 3 aromatic carbocycles. The molecule has 1 aliphatic carbocycles. The highest BCUT2D eigenvalue weighted by atomic mass is 16.7. The van der Waals surface area contributed by atoms with E-state index in [1.807, 2.05) is 53.6 Å². The van der Waals surface area contributed by atoms with Gasteiger partial charge in [-0.05, 0) is 61.1 Å². The quantitative estimate of drug-likeness (QED) is 0.146. The number of hydrogen-bond acceptors (Lipinski definition) is 11. The van der Waals surface area contributed by atoms with Gasteiger partial charge in [-0.25, -0.2) is 15.0 Å². The number of piperazine rings is 1. The fourth-order valence-corrected chi connectivity index (χ4v) is 7.98. The van der Waals surface area contributed by atoms with E-state index in [1.165, 1.54) is 38.3 Å². The van der Waals surface area contributed by atoms with Crippen LogP contribution in [0.15, 0.2) is 91.8 Å². The molecule has 282 valence electrons. The molecule has 54 heavy (non-hydrogen) atoms. The monoisotopic (exact) mass is 730 g/mol. The number of ether oxygens (including phenoxy) is 2. The number of piperidine rings is 1. The number of rotatable bonds is 13. The third kappa shape index (κ3) is 8.30. The molecule has 0 spiro atoms. The maximum absolute atomic E-state index is 12.7. The second-order valence-electron chi connectivity index (χ2n) is 14.5. The number of methoxy groups -OCH3 is 1. The maximum Gasteiger partial charge on any atom is 0.247 e. The van der Waals surface area contributed by atoms with Crippen molar-refractivity contribution in [2.45, 2.75) is 56.8 Å². The van der Waals surface area contributed by atoms with Crippen molar-refractivity contribution in [1.82, 2.24) is 19.8 Å². The molecule has 8 rings (SSSR count). The Balaban J connectivity index is 0.966. The molecule has 2 N–H and O–H groups in total. The molecule has 4 fully saturated rings. The summed E-state index contributed by atoms with van der Waals surface area (Å²) in [5.74, 6) is 2.35. The van der Waals surface area contributed by atoms with Gasteiger partial charge in [0.1, 0.15) is 30.3 Å². The van der Waals surface area contributed by atoms with E-state index in [0.717, 1.165) is 74.0 Å². The smallest absolute Gasteiger partial charge is 0.247 e. The highest BCUT2D eigenvalue weighted by molar-refractivity contribution is 6.02. The fraction of sp³-hybridized carbons (Fsp3) is 0.405. The topological polar surface area (TPSA) is 108 Å². The van der Waals surface area contributed by atoms with Crippen LogP contribution in [0.2, 0.25) is 0 Å². The van der Waals surface area contributed by atoms with Gasteiger partial charge in [-0.3, -0.25) is 19.4 Å². The van der Waals surface area contributed by atoms with Crippen molar-refractivity contribution in [3.05, 3.63) is 103 Å². The SMILES string of the molecule is C=CC(=O)Nc1cc(Nc2cc(N3OCC[C@@H]3c3cccc(OCc4ccccc4)c3)ncn2)c(OC)cc1N1CCC(N2CCN(C3CC3)CC2)CC1. The lowest BCUT2D eigenvalue weighted by Crippen LogP contribution is -2.53. The number of carbonyl (C=O) groups excluding carboxylic acids is 1. The number of benzene rings is 3. The lowest BCUT2D eigenvalue weighted by molar-refractivity contribution is -0.111. The van der Waals surface area contributed by atoms with E-state index in [9.17, 15) is 4.79 Å². The van der Waals surface area contributed by atoms with E-state index in [2.05, 4.69) is 66.1 Å². The number of hydrogen-bond donors (Lipinski definition) is 2. The van der Waals surface area contributed by atoms with Gasteiger partial charge in [-0.15, -0.1) is 0 Å². The van der Waals surface area contributed by atoms with Crippen molar-refractivity contribution in [2.75, 3.05) is 73.6 Å². The minimum Gasteiger partial charge on any atom is -0.494 e. The molecule has 4 aromatic rings. The van der Waals surface area contributed by atoms with Crippen LogP contribution in [-0.2, 0) is 16.2 Å². The standard InChI is InChI=1S/C42H50N8O4/c1-3-42(51)46-35-25-36(39(52-2)26-38(35)49-17-14-33(15-18-49)48-21-19-47(20-22-48)32-12-13-32)45-40-27-41(44-29-43-40)50-37(16-23-54-50)31-10-7-11-34(24-31)53-28-30-8-5-4-6-9-30/h3-11,24-27,29,32-33,37H,1,12-23,28H2,2H3,(H,46,51)(H,43,44,45)/t37-/m1/s1. The Morgan fingerprint density at radius 1 is 0.870 bits per heavy atom. The summed E-state index contributed by atoms with van der Waals surface area (Å²) in [6, 6.07) is 25.4. The van der Waals surface area contributed by atoms with Crippen molar-refractivity contribution in [3.63, 3.8) is 0 Å². The average molecular weight is 731 g/mol. The Bertz CT molecular complexity index is 1910. The molecule has 3 aliphatic heterocycles. The molecule has 0 unspecified atom stereocenters. The first-order chi connectivity index (χ1) is 26.5. The van der Waals surface area contributed by atoms with Crippen molar-refractivity contribution >= 4 is 34.6 Å². The molecular formula is C42H50N8O4. The average Bonchev–Trinajstić information content (AvgIpc) is 3.96. The Morgan fingerprint density at radius 2 is 1.63 bits per heavy atom. The zero-order valence-electron chi connectivity index (χ0n) is 31.0. The van der Waals surface area contributed by atoms with Crippen molar-refractivity contribution in [1.29, 1.82) is 0 Å². The van der Waals surface area contributed by atoms with Gasteiger partial charge in [0.15, 0.2) is 5.82 Å². The highest BCUT2D eigenvalue weighted by Gasteiger charge is 2.34. The highest BCUT2D eigenvalue weighted by Crippen LogP contribution is 2.41. The second kappa shape index (κ2) is 16.5. The van der Waals surface area contributed by atoms with Crippen LogP contribution in [0.3, 0.4) is 0 Å². The Morgan fingerprint density at radius 3 is 2.35 bits per heavy atom. The molecule has 4 heterocycles. The fourth-order valence-electron chi connectivity index (χ4n) is 7.98. The predicted molar refractivity (Wildman–Crippen MR) is 212 cm³/mol. The van der Waals surface area contributed by atoms with Gasteiger partial charge in [-0.1, -0.05) is 49.0 Å². The van der Waals surface area contributed by atoms with E-state index < -0.39 is 0 Å². The van der Waals surface area contributed by atoms with Crippen LogP contribution in [0.1, 0.15) is 49.3 Å². The van der Waals surface area contributed by atoms with Crippen LogP contribution >= 0.6 is 0 Å². The van der Waals surface area contributed by atoms with Crippen LogP contribution in [0.5, 0.6) is 11.5 Å². The van der Waals surface area contributed by atoms with Crippen LogP contribution in [0.25, 0.3) is 0 Å². The van der Waals surface area contributed by atoms with Crippen LogP contribution in [0, 0.1) is 0 Å². The zero-order valence-corrected chi connectivity index (χ0v) is 31.0. The number of carbonyl (C=O) groups is 1. The van der Waals surface area contributed by atoms with E-state index in [1.54, 1.807) is 7.11 Å². The van der Waals surface area contributed by atoms with Crippen LogP contribution in [-0.4, -0.2) is 90.7 Å². The molecule has 4 aliphatic rings. The number of anilines is 5. The van der Waals surface area contributed by atoms with Crippen molar-refractivity contribution < 1.29 is 19.1 Å². The lowest BCUT2D eigenvalue weighted by Gasteiger charge is -2.43. The van der Waals surface area contributed by atoms with Gasteiger partial charge in [0, 0.05) is 69.9 Å². The first kappa shape index (κ1) is 35.8. The first-order valence-electron chi connectivity index (χ1n) is 19.2. The molecule has 12 heteroatoms. The molecule has 12 nitrogen and oxygen atoms in total. The third-order valence-electron chi connectivity index (χ3n) is 11.0. The summed E-state index contributed by atoms with van der Waals surface area (Å²) >= 11 is 0. The summed E-state index contributed by atoms with van der Waals surface area (Å²) in [7, 11) is 1.66. The summed E-state index contributed by atoms with van der Waals surface area (Å²) in [5.41, 5.74) is 4.47. The number of amides is 1. The predicted octanol–water partition coefficient (Wildman–Crippen LogP) is 6.56. The zero-order chi connectivity index (χ0) is 36.9. The van der Waals surface area contributed by atoms with E-state index in [4.69, 9.17) is 14.3 Å². The first-order valence-corrected chi connectivity index (χ1v) is 19.2. The number of nitrogens with zero attached hydrogens (tertiary/aromatic N) is 6. The summed E-state index contributed by atoms with van der Waals surface area (Å²) in [5, 5.41) is 8.32. The Kier molecular flexibility index (Phi) is 10.9. The normalized spacial score (nSPS) is 19.8. The van der Waals surface area contributed by atoms with E-state index in [-0.39, 0.29) is 11.9 Å². The number of aromatic nitrogens is 2. The van der Waals surface area contributed by atoms with Gasteiger partial charge in [0.25, 0.3) is 0 Å². The van der Waals surface area contributed by atoms with E-state index in [0.29, 0.717) is 48.0 Å². The molecular weight excluding hydrogens is 681 g/mol. The Labute approximate surface area is 317 Å². The molecule has 1 saturated carbocycles.